The second-order valence-electron chi connectivity index (χ2n) is 5.99. The number of carbonyl (C=O) groups excluding carboxylic acids is 3. The summed E-state index contributed by atoms with van der Waals surface area (Å²) >= 11 is 0. The molecule has 0 aliphatic heterocycles. The number of anilines is 1. The van der Waals surface area contributed by atoms with Crippen LogP contribution in [0.5, 0.6) is 0 Å². The van der Waals surface area contributed by atoms with Gasteiger partial charge in [-0.1, -0.05) is 18.2 Å². The molecule has 4 amide bonds. The maximum atomic E-state index is 12.8. The van der Waals surface area contributed by atoms with Gasteiger partial charge in [-0.25, -0.2) is 9.18 Å². The van der Waals surface area contributed by atoms with Crippen LogP contribution in [0.3, 0.4) is 0 Å². The molecule has 2 aromatic carbocycles. The molecule has 3 N–H and O–H groups in total. The largest absolute Gasteiger partial charge is 0.345 e. The van der Waals surface area contributed by atoms with Crippen LogP contribution in [0.4, 0.5) is 14.9 Å². The third kappa shape index (κ3) is 6.43. The molecule has 27 heavy (non-hydrogen) atoms. The Balaban J connectivity index is 1.78. The summed E-state index contributed by atoms with van der Waals surface area (Å²) in [6.45, 7) is -0.0243. The first kappa shape index (κ1) is 19.9. The maximum Gasteiger partial charge on any atom is 0.315 e. The lowest BCUT2D eigenvalue weighted by Gasteiger charge is -2.12. The zero-order valence-corrected chi connectivity index (χ0v) is 15.1. The predicted molar refractivity (Wildman–Crippen MR) is 99.7 cm³/mol. The van der Waals surface area contributed by atoms with E-state index < -0.39 is 11.9 Å². The van der Waals surface area contributed by atoms with E-state index in [0.717, 1.165) is 5.56 Å². The summed E-state index contributed by atoms with van der Waals surface area (Å²) < 4.78 is 12.8. The van der Waals surface area contributed by atoms with E-state index in [1.807, 2.05) is 0 Å². The highest BCUT2D eigenvalue weighted by atomic mass is 19.1. The highest BCUT2D eigenvalue weighted by Gasteiger charge is 2.10. The number of halogens is 1. The number of carbonyl (C=O) groups is 3. The molecule has 0 bridgehead atoms. The SMILES string of the molecule is CN(C)C(=O)c1cccc(NC(=O)CNC(=O)NCc2ccc(F)cc2)c1. The summed E-state index contributed by atoms with van der Waals surface area (Å²) in [5.41, 5.74) is 1.64. The van der Waals surface area contributed by atoms with Gasteiger partial charge in [0.15, 0.2) is 0 Å². The standard InChI is InChI=1S/C19H21FN4O3/c1-24(2)18(26)14-4-3-5-16(10-14)23-17(25)12-22-19(27)21-11-13-6-8-15(20)9-7-13/h3-10H,11-12H2,1-2H3,(H,23,25)(H2,21,22,27). The van der Waals surface area contributed by atoms with E-state index in [2.05, 4.69) is 16.0 Å². The molecule has 0 fully saturated rings. The van der Waals surface area contributed by atoms with E-state index in [-0.39, 0.29) is 24.8 Å². The molecule has 0 saturated heterocycles. The third-order valence-electron chi connectivity index (χ3n) is 3.58. The molecule has 0 spiro atoms. The second-order valence-corrected chi connectivity index (χ2v) is 5.99. The fourth-order valence-electron chi connectivity index (χ4n) is 2.20. The van der Waals surface area contributed by atoms with Gasteiger partial charge in [0.2, 0.25) is 5.91 Å². The van der Waals surface area contributed by atoms with Gasteiger partial charge in [-0.15, -0.1) is 0 Å². The molecule has 2 aromatic rings. The van der Waals surface area contributed by atoms with E-state index in [4.69, 9.17) is 0 Å². The van der Waals surface area contributed by atoms with Gasteiger partial charge in [-0.05, 0) is 35.9 Å². The Hall–Kier alpha value is -3.42. The first-order valence-electron chi connectivity index (χ1n) is 8.23. The van der Waals surface area contributed by atoms with Crippen LogP contribution in [-0.2, 0) is 11.3 Å². The van der Waals surface area contributed by atoms with Crippen molar-refractivity contribution in [3.63, 3.8) is 0 Å². The number of urea groups is 1. The van der Waals surface area contributed by atoms with Crippen molar-refractivity contribution in [3.8, 4) is 0 Å². The summed E-state index contributed by atoms with van der Waals surface area (Å²) in [6.07, 6.45) is 0. The molecule has 0 atom stereocenters. The minimum Gasteiger partial charge on any atom is -0.345 e. The molecule has 0 unspecified atom stereocenters. The van der Waals surface area contributed by atoms with Gasteiger partial charge in [0.1, 0.15) is 5.82 Å². The van der Waals surface area contributed by atoms with E-state index in [0.29, 0.717) is 11.3 Å². The third-order valence-corrected chi connectivity index (χ3v) is 3.58. The van der Waals surface area contributed by atoms with Gasteiger partial charge in [-0.2, -0.15) is 0 Å². The molecule has 2 rings (SSSR count). The van der Waals surface area contributed by atoms with E-state index in [1.165, 1.54) is 17.0 Å². The van der Waals surface area contributed by atoms with Crippen molar-refractivity contribution in [1.82, 2.24) is 15.5 Å². The van der Waals surface area contributed by atoms with Gasteiger partial charge in [0, 0.05) is 31.9 Å². The highest BCUT2D eigenvalue weighted by Crippen LogP contribution is 2.11. The second kappa shape index (κ2) is 9.33. The number of nitrogens with one attached hydrogen (secondary N) is 3. The molecule has 7 nitrogen and oxygen atoms in total. The molecule has 0 saturated carbocycles. The van der Waals surface area contributed by atoms with Crippen molar-refractivity contribution < 1.29 is 18.8 Å². The van der Waals surface area contributed by atoms with Gasteiger partial charge < -0.3 is 20.9 Å². The molecule has 0 aliphatic carbocycles. The number of nitrogens with zero attached hydrogens (tertiary/aromatic N) is 1. The molecule has 0 aliphatic rings. The van der Waals surface area contributed by atoms with Crippen LogP contribution in [0.2, 0.25) is 0 Å². The molecule has 0 radical (unpaired) electrons. The quantitative estimate of drug-likeness (QED) is 0.724. The normalized spacial score (nSPS) is 10.0. The maximum absolute atomic E-state index is 12.8. The number of hydrogen-bond acceptors (Lipinski definition) is 3. The van der Waals surface area contributed by atoms with Crippen molar-refractivity contribution in [2.24, 2.45) is 0 Å². The Morgan fingerprint density at radius 1 is 1.00 bits per heavy atom. The zero-order valence-electron chi connectivity index (χ0n) is 15.1. The minimum absolute atomic E-state index is 0.176. The lowest BCUT2D eigenvalue weighted by molar-refractivity contribution is -0.115. The minimum atomic E-state index is -0.522. The Morgan fingerprint density at radius 2 is 1.70 bits per heavy atom. The number of benzene rings is 2. The van der Waals surface area contributed by atoms with Gasteiger partial charge >= 0.3 is 6.03 Å². The van der Waals surface area contributed by atoms with Crippen molar-refractivity contribution in [2.45, 2.75) is 6.54 Å². The van der Waals surface area contributed by atoms with Crippen LogP contribution in [0.1, 0.15) is 15.9 Å². The first-order valence-corrected chi connectivity index (χ1v) is 8.23. The summed E-state index contributed by atoms with van der Waals surface area (Å²) in [5, 5.41) is 7.62. The average Bonchev–Trinajstić information content (AvgIpc) is 2.65. The van der Waals surface area contributed by atoms with Crippen LogP contribution >= 0.6 is 0 Å². The van der Waals surface area contributed by atoms with Crippen molar-refractivity contribution in [2.75, 3.05) is 26.0 Å². The first-order chi connectivity index (χ1) is 12.8. The Morgan fingerprint density at radius 3 is 2.37 bits per heavy atom. The zero-order chi connectivity index (χ0) is 19.8. The summed E-state index contributed by atoms with van der Waals surface area (Å²) in [5.74, 6) is -0.956. The van der Waals surface area contributed by atoms with Crippen molar-refractivity contribution in [3.05, 3.63) is 65.5 Å². The van der Waals surface area contributed by atoms with Crippen LogP contribution < -0.4 is 16.0 Å². The van der Waals surface area contributed by atoms with Crippen molar-refractivity contribution in [1.29, 1.82) is 0 Å². The Bertz CT molecular complexity index is 822. The van der Waals surface area contributed by atoms with Gasteiger partial charge in [0.05, 0.1) is 6.54 Å². The molecule has 0 heterocycles. The van der Waals surface area contributed by atoms with Crippen molar-refractivity contribution >= 4 is 23.5 Å². The number of amides is 4. The Kier molecular flexibility index (Phi) is 6.87. The fraction of sp³-hybridized carbons (Fsp3) is 0.211. The lowest BCUT2D eigenvalue weighted by atomic mass is 10.2. The monoisotopic (exact) mass is 372 g/mol. The smallest absolute Gasteiger partial charge is 0.315 e. The van der Waals surface area contributed by atoms with Crippen LogP contribution in [0.25, 0.3) is 0 Å². The molecular formula is C19H21FN4O3. The number of hydrogen-bond donors (Lipinski definition) is 3. The molecule has 0 aromatic heterocycles. The van der Waals surface area contributed by atoms with Crippen LogP contribution in [0.15, 0.2) is 48.5 Å². The molecular weight excluding hydrogens is 351 g/mol. The fourth-order valence-corrected chi connectivity index (χ4v) is 2.20. The number of rotatable bonds is 6. The van der Waals surface area contributed by atoms with Gasteiger partial charge in [-0.3, -0.25) is 9.59 Å². The van der Waals surface area contributed by atoms with Gasteiger partial charge in [0.25, 0.3) is 5.91 Å². The van der Waals surface area contributed by atoms with E-state index in [1.54, 1.807) is 50.5 Å². The predicted octanol–water partition coefficient (Wildman–Crippen LogP) is 1.97. The molecule has 8 heteroatoms. The Labute approximate surface area is 156 Å². The van der Waals surface area contributed by atoms with E-state index in [9.17, 15) is 18.8 Å². The average molecular weight is 372 g/mol. The summed E-state index contributed by atoms with van der Waals surface area (Å²) in [7, 11) is 3.28. The van der Waals surface area contributed by atoms with Crippen LogP contribution in [0, 0.1) is 5.82 Å². The topological polar surface area (TPSA) is 90.5 Å². The highest BCUT2D eigenvalue weighted by molar-refractivity contribution is 5.98. The summed E-state index contributed by atoms with van der Waals surface area (Å²) in [4.78, 5) is 37.1. The van der Waals surface area contributed by atoms with Crippen LogP contribution in [-0.4, -0.2) is 43.4 Å². The van der Waals surface area contributed by atoms with E-state index >= 15 is 0 Å². The molecule has 142 valence electrons. The lowest BCUT2D eigenvalue weighted by Crippen LogP contribution is -2.39. The summed E-state index contributed by atoms with van der Waals surface area (Å²) in [6, 6.07) is 11.7.